The molecule has 0 heterocycles. The van der Waals surface area contributed by atoms with Crippen LogP contribution >= 0.6 is 7.67 Å². The highest BCUT2D eigenvalue weighted by molar-refractivity contribution is 7.55. The average Bonchev–Trinajstić information content (AvgIpc) is 3.14. The van der Waals surface area contributed by atoms with Crippen LogP contribution in [0.2, 0.25) is 0 Å². The second-order valence-corrected chi connectivity index (χ2v) is 13.7. The van der Waals surface area contributed by atoms with Gasteiger partial charge in [-0.15, -0.1) is 6.42 Å². The first-order valence-corrected chi connectivity index (χ1v) is 15.5. The van der Waals surface area contributed by atoms with Crippen LogP contribution in [0.15, 0.2) is 18.2 Å². The highest BCUT2D eigenvalue weighted by Gasteiger charge is 2.61. The lowest BCUT2D eigenvalue weighted by Gasteiger charge is -2.52. The summed E-state index contributed by atoms with van der Waals surface area (Å²) in [4.78, 5) is 23.9. The van der Waals surface area contributed by atoms with Gasteiger partial charge in [-0.3, -0.25) is 9.59 Å². The Labute approximate surface area is 231 Å². The van der Waals surface area contributed by atoms with Crippen molar-refractivity contribution in [2.45, 2.75) is 103 Å². The first-order valence-electron chi connectivity index (χ1n) is 13.8. The minimum Gasteiger partial charge on any atom is -0.480 e. The van der Waals surface area contributed by atoms with Gasteiger partial charge in [0.15, 0.2) is 0 Å². The summed E-state index contributed by atoms with van der Waals surface area (Å²) in [5, 5.41) is 25.7. The zero-order valence-electron chi connectivity index (χ0n) is 23.4. The number of aryl methyl sites for hydroxylation is 1. The van der Waals surface area contributed by atoms with Crippen molar-refractivity contribution >= 4 is 19.6 Å². The van der Waals surface area contributed by atoms with Crippen LogP contribution in [0.1, 0.15) is 83.8 Å². The average molecular weight is 561 g/mol. The molecule has 0 saturated heterocycles. The molecule has 0 spiro atoms. The van der Waals surface area contributed by atoms with E-state index in [1.807, 2.05) is 12.1 Å². The van der Waals surface area contributed by atoms with Gasteiger partial charge in [0, 0.05) is 5.41 Å². The van der Waals surface area contributed by atoms with E-state index in [9.17, 15) is 24.4 Å². The Kier molecular flexibility index (Phi) is 8.27. The van der Waals surface area contributed by atoms with Crippen molar-refractivity contribution in [3.63, 3.8) is 0 Å². The molecule has 2 saturated carbocycles. The fraction of sp³-hybridized carbons (Fsp3) is 0.655. The van der Waals surface area contributed by atoms with E-state index in [1.54, 1.807) is 19.9 Å². The lowest BCUT2D eigenvalue weighted by Crippen LogP contribution is -2.50. The van der Waals surface area contributed by atoms with Crippen LogP contribution in [0, 0.1) is 29.6 Å². The number of terminal acetylenes is 1. The van der Waals surface area contributed by atoms with Gasteiger partial charge >= 0.3 is 19.6 Å². The Hall–Kier alpha value is -2.37. The number of fused-ring (bicyclic) bond motifs is 5. The summed E-state index contributed by atoms with van der Waals surface area (Å²) < 4.78 is 24.9. The second-order valence-electron chi connectivity index (χ2n) is 11.9. The molecular weight excluding hydrogens is 519 g/mol. The summed E-state index contributed by atoms with van der Waals surface area (Å²) in [5.74, 6) is 2.34. The number of hydrogen-bond donors (Lipinski definition) is 4. The van der Waals surface area contributed by atoms with Gasteiger partial charge in [-0.1, -0.05) is 18.9 Å². The van der Waals surface area contributed by atoms with Gasteiger partial charge in [-0.25, -0.2) is 14.7 Å². The molecular formula is C29H41N2O7P. The molecule has 4 N–H and O–H groups in total. The van der Waals surface area contributed by atoms with Crippen molar-refractivity contribution < 1.29 is 33.6 Å². The molecule has 1 unspecified atom stereocenters. The monoisotopic (exact) mass is 560 g/mol. The van der Waals surface area contributed by atoms with Crippen molar-refractivity contribution in [3.05, 3.63) is 29.3 Å². The van der Waals surface area contributed by atoms with Crippen molar-refractivity contribution in [1.82, 2.24) is 10.2 Å². The number of carbonyl (C=O) groups excluding carboxylic acids is 1. The molecule has 1 aromatic carbocycles. The summed E-state index contributed by atoms with van der Waals surface area (Å²) in [7, 11) is -4.04. The number of aliphatic carboxylic acids is 1. The molecule has 10 heteroatoms. The quantitative estimate of drug-likeness (QED) is 0.197. The molecule has 3 aliphatic rings. The van der Waals surface area contributed by atoms with Gasteiger partial charge < -0.3 is 19.5 Å². The molecule has 1 aromatic rings. The van der Waals surface area contributed by atoms with Gasteiger partial charge in [0.25, 0.3) is 0 Å². The SMILES string of the molecule is C#C[C@]1(O)CC[C@H]2[C@@H]3CCc4cc(OP(=O)(N[C@@H](C)C(=O)O)N[C@@H](C)C(=O)OC(C)C)ccc4[C@H]3CC[C@@]21C. The molecule has 3 aliphatic carbocycles. The fourth-order valence-corrected chi connectivity index (χ4v) is 8.89. The minimum atomic E-state index is -4.04. The maximum atomic E-state index is 13.8. The van der Waals surface area contributed by atoms with Crippen molar-refractivity contribution in [2.75, 3.05) is 0 Å². The molecule has 0 aliphatic heterocycles. The minimum absolute atomic E-state index is 0.276. The molecule has 214 valence electrons. The Bertz CT molecular complexity index is 1210. The number of carboxylic acid groups (broad SMARTS) is 1. The molecule has 8 atom stereocenters. The van der Waals surface area contributed by atoms with Crippen molar-refractivity contribution in [1.29, 1.82) is 0 Å². The molecule has 0 amide bonds. The number of nitrogens with one attached hydrogen (secondary N) is 2. The van der Waals surface area contributed by atoms with Crippen molar-refractivity contribution in [3.8, 4) is 18.1 Å². The molecule has 0 aromatic heterocycles. The van der Waals surface area contributed by atoms with Crippen LogP contribution in [0.25, 0.3) is 0 Å². The van der Waals surface area contributed by atoms with Crippen molar-refractivity contribution in [2.24, 2.45) is 17.3 Å². The van der Waals surface area contributed by atoms with E-state index in [2.05, 4.69) is 23.0 Å². The number of aliphatic hydroxyl groups is 1. The molecule has 39 heavy (non-hydrogen) atoms. The number of esters is 1. The third-order valence-corrected chi connectivity index (χ3v) is 11.0. The zero-order chi connectivity index (χ0) is 28.8. The molecule has 2 fully saturated rings. The van der Waals surface area contributed by atoms with E-state index in [0.717, 1.165) is 37.7 Å². The smallest absolute Gasteiger partial charge is 0.391 e. The Morgan fingerprint density at radius 2 is 1.82 bits per heavy atom. The summed E-state index contributed by atoms with van der Waals surface area (Å²) in [5.41, 5.74) is 1.02. The normalized spacial score (nSPS) is 32.5. The molecule has 0 radical (unpaired) electrons. The number of carbonyl (C=O) groups is 2. The van der Waals surface area contributed by atoms with E-state index in [0.29, 0.717) is 29.9 Å². The Morgan fingerprint density at radius 1 is 1.13 bits per heavy atom. The Morgan fingerprint density at radius 3 is 2.46 bits per heavy atom. The van der Waals surface area contributed by atoms with E-state index < -0.39 is 37.3 Å². The predicted molar refractivity (Wildman–Crippen MR) is 147 cm³/mol. The van der Waals surface area contributed by atoms with E-state index >= 15 is 0 Å². The topological polar surface area (TPSA) is 134 Å². The van der Waals surface area contributed by atoms with Crippen LogP contribution in [-0.4, -0.2) is 45.9 Å². The number of rotatable bonds is 9. The third-order valence-electron chi connectivity index (χ3n) is 9.13. The molecule has 4 rings (SSSR count). The van der Waals surface area contributed by atoms with Crippen LogP contribution in [-0.2, 0) is 25.3 Å². The van der Waals surface area contributed by atoms with Gasteiger partial charge in [0.2, 0.25) is 0 Å². The summed E-state index contributed by atoms with van der Waals surface area (Å²) in [6, 6.07) is 3.42. The lowest BCUT2D eigenvalue weighted by atomic mass is 9.53. The molecule has 0 bridgehead atoms. The van der Waals surface area contributed by atoms with Crippen LogP contribution < -0.4 is 14.7 Å². The number of hydrogen-bond acceptors (Lipinski definition) is 6. The second kappa shape index (κ2) is 10.9. The highest BCUT2D eigenvalue weighted by Crippen LogP contribution is 2.64. The van der Waals surface area contributed by atoms with Crippen LogP contribution in [0.5, 0.6) is 5.75 Å². The van der Waals surface area contributed by atoms with Crippen LogP contribution in [0.4, 0.5) is 0 Å². The largest absolute Gasteiger partial charge is 0.480 e. The maximum Gasteiger partial charge on any atom is 0.391 e. The van der Waals surface area contributed by atoms with Gasteiger partial charge in [-0.05, 0) is 107 Å². The van der Waals surface area contributed by atoms with Gasteiger partial charge in [0.05, 0.1) is 6.10 Å². The fourth-order valence-electron chi connectivity index (χ4n) is 7.06. The lowest BCUT2D eigenvalue weighted by molar-refractivity contribution is -0.149. The van der Waals surface area contributed by atoms with Gasteiger partial charge in [0.1, 0.15) is 23.4 Å². The first kappa shape index (κ1) is 29.6. The highest BCUT2D eigenvalue weighted by atomic mass is 31.2. The standard InChI is InChI=1S/C29H41N2O7P/c1-7-29(35)15-13-25-24-10-8-20-16-21(9-11-22(20)23(24)12-14-28(25,29)6)38-39(36,30-18(4)26(32)33)31-19(5)27(34)37-17(2)3/h1,9,11,16-19,23-25,35H,8,10,12-15H2,2-6H3,(H,32,33)(H2,30,31,36)/t18-,19-,23+,24+,25-,28-,29-,39?/m0/s1. The number of carboxylic acids is 1. The van der Waals surface area contributed by atoms with E-state index in [-0.39, 0.29) is 11.5 Å². The zero-order valence-corrected chi connectivity index (χ0v) is 24.3. The summed E-state index contributed by atoms with van der Waals surface area (Å²) in [6.07, 6.45) is 10.5. The first-order chi connectivity index (χ1) is 18.2. The van der Waals surface area contributed by atoms with E-state index in [4.69, 9.17) is 15.7 Å². The third kappa shape index (κ3) is 5.63. The summed E-state index contributed by atoms with van der Waals surface area (Å²) >= 11 is 0. The van der Waals surface area contributed by atoms with Crippen LogP contribution in [0.3, 0.4) is 0 Å². The maximum absolute atomic E-state index is 13.8. The van der Waals surface area contributed by atoms with Gasteiger partial charge in [-0.2, -0.15) is 0 Å². The predicted octanol–water partition coefficient (Wildman–Crippen LogP) is 4.39. The number of benzene rings is 1. The van der Waals surface area contributed by atoms with E-state index in [1.165, 1.54) is 19.4 Å². The Balaban J connectivity index is 1.55. The molecule has 9 nitrogen and oxygen atoms in total. The summed E-state index contributed by atoms with van der Waals surface area (Å²) in [6.45, 7) is 8.41. The number of ether oxygens (including phenoxy) is 1.